The van der Waals surface area contributed by atoms with Gasteiger partial charge >= 0.3 is 0 Å². The molecule has 1 rings (SSSR count). The molecular formula is C12H19BrN2OS. The average Bonchev–Trinajstić information content (AvgIpc) is 2.57. The van der Waals surface area contributed by atoms with Crippen molar-refractivity contribution in [1.82, 2.24) is 10.6 Å². The molecule has 1 aromatic heterocycles. The van der Waals surface area contributed by atoms with Gasteiger partial charge in [0.05, 0.1) is 5.41 Å². The number of carbonyl (C=O) groups excluding carboxylic acids is 1. The van der Waals surface area contributed by atoms with Crippen molar-refractivity contribution in [2.24, 2.45) is 5.41 Å². The van der Waals surface area contributed by atoms with E-state index in [2.05, 4.69) is 39.6 Å². The minimum atomic E-state index is -0.377. The Morgan fingerprint density at radius 1 is 1.53 bits per heavy atom. The molecule has 0 aliphatic carbocycles. The SMILES string of the molecule is CNC(=O)C(C)(C)CNCc1cc(Br)c(C)s1. The lowest BCUT2D eigenvalue weighted by Gasteiger charge is -2.22. The van der Waals surface area contributed by atoms with Crippen LogP contribution in [-0.4, -0.2) is 19.5 Å². The monoisotopic (exact) mass is 318 g/mol. The van der Waals surface area contributed by atoms with Gasteiger partial charge in [-0.05, 0) is 42.8 Å². The molecule has 0 saturated heterocycles. The molecule has 2 N–H and O–H groups in total. The van der Waals surface area contributed by atoms with Crippen molar-refractivity contribution in [3.05, 3.63) is 20.3 Å². The van der Waals surface area contributed by atoms with Crippen molar-refractivity contribution < 1.29 is 4.79 Å². The maximum atomic E-state index is 11.6. The normalized spacial score (nSPS) is 11.6. The van der Waals surface area contributed by atoms with Gasteiger partial charge in [0.2, 0.25) is 5.91 Å². The van der Waals surface area contributed by atoms with Crippen LogP contribution in [0, 0.1) is 12.3 Å². The van der Waals surface area contributed by atoms with Gasteiger partial charge in [0.1, 0.15) is 0 Å². The zero-order chi connectivity index (χ0) is 13.1. The van der Waals surface area contributed by atoms with Crippen molar-refractivity contribution in [2.45, 2.75) is 27.3 Å². The maximum absolute atomic E-state index is 11.6. The van der Waals surface area contributed by atoms with Gasteiger partial charge in [0.15, 0.2) is 0 Å². The number of aryl methyl sites for hydroxylation is 1. The molecule has 1 heterocycles. The van der Waals surface area contributed by atoms with Crippen molar-refractivity contribution in [2.75, 3.05) is 13.6 Å². The topological polar surface area (TPSA) is 41.1 Å². The first-order chi connectivity index (χ1) is 7.86. The minimum Gasteiger partial charge on any atom is -0.359 e. The largest absolute Gasteiger partial charge is 0.359 e. The summed E-state index contributed by atoms with van der Waals surface area (Å²) >= 11 is 5.27. The molecule has 5 heteroatoms. The predicted octanol–water partition coefficient (Wildman–Crippen LogP) is 2.68. The highest BCUT2D eigenvalue weighted by Gasteiger charge is 2.25. The molecular weight excluding hydrogens is 300 g/mol. The Bertz CT molecular complexity index is 382. The molecule has 0 radical (unpaired) electrons. The zero-order valence-corrected chi connectivity index (χ0v) is 13.1. The van der Waals surface area contributed by atoms with Crippen LogP contribution in [0.3, 0.4) is 0 Å². The molecule has 0 aliphatic rings. The smallest absolute Gasteiger partial charge is 0.226 e. The van der Waals surface area contributed by atoms with Gasteiger partial charge in [-0.3, -0.25) is 4.79 Å². The Morgan fingerprint density at radius 2 is 2.18 bits per heavy atom. The third-order valence-electron chi connectivity index (χ3n) is 2.62. The van der Waals surface area contributed by atoms with E-state index in [0.717, 1.165) is 11.0 Å². The van der Waals surface area contributed by atoms with Gasteiger partial charge < -0.3 is 10.6 Å². The molecule has 0 atom stereocenters. The first kappa shape index (κ1) is 14.7. The Labute approximate surface area is 115 Å². The van der Waals surface area contributed by atoms with Crippen LogP contribution in [0.5, 0.6) is 0 Å². The number of halogens is 1. The van der Waals surface area contributed by atoms with Gasteiger partial charge in [-0.1, -0.05) is 0 Å². The highest BCUT2D eigenvalue weighted by molar-refractivity contribution is 9.10. The van der Waals surface area contributed by atoms with Crippen LogP contribution < -0.4 is 10.6 Å². The van der Waals surface area contributed by atoms with Gasteiger partial charge in [-0.25, -0.2) is 0 Å². The molecule has 3 nitrogen and oxygen atoms in total. The van der Waals surface area contributed by atoms with E-state index in [1.54, 1.807) is 18.4 Å². The lowest BCUT2D eigenvalue weighted by molar-refractivity contribution is -0.128. The highest BCUT2D eigenvalue weighted by Crippen LogP contribution is 2.26. The first-order valence-electron chi connectivity index (χ1n) is 5.54. The summed E-state index contributed by atoms with van der Waals surface area (Å²) in [6.07, 6.45) is 0. The van der Waals surface area contributed by atoms with Crippen LogP contribution in [-0.2, 0) is 11.3 Å². The van der Waals surface area contributed by atoms with E-state index in [0.29, 0.717) is 6.54 Å². The second-order valence-electron chi connectivity index (χ2n) is 4.68. The van der Waals surface area contributed by atoms with Crippen LogP contribution in [0.1, 0.15) is 23.6 Å². The Kier molecular flexibility index (Phi) is 5.16. The van der Waals surface area contributed by atoms with Gasteiger partial charge in [-0.2, -0.15) is 0 Å². The number of amides is 1. The summed E-state index contributed by atoms with van der Waals surface area (Å²) in [5.74, 6) is 0.0635. The molecule has 0 saturated carbocycles. The zero-order valence-electron chi connectivity index (χ0n) is 10.7. The van der Waals surface area contributed by atoms with Gasteiger partial charge in [0, 0.05) is 34.4 Å². The second kappa shape index (κ2) is 5.98. The van der Waals surface area contributed by atoms with Crippen molar-refractivity contribution in [1.29, 1.82) is 0 Å². The van der Waals surface area contributed by atoms with Crippen LogP contribution >= 0.6 is 27.3 Å². The number of nitrogens with one attached hydrogen (secondary N) is 2. The lowest BCUT2D eigenvalue weighted by atomic mass is 9.92. The van der Waals surface area contributed by atoms with E-state index in [1.807, 2.05) is 13.8 Å². The average molecular weight is 319 g/mol. The number of hydrogen-bond acceptors (Lipinski definition) is 3. The fourth-order valence-corrected chi connectivity index (χ4v) is 3.09. The molecule has 0 spiro atoms. The molecule has 96 valence electrons. The van der Waals surface area contributed by atoms with E-state index in [4.69, 9.17) is 0 Å². The number of thiophene rings is 1. The van der Waals surface area contributed by atoms with Crippen molar-refractivity contribution in [3.8, 4) is 0 Å². The summed E-state index contributed by atoms with van der Waals surface area (Å²) in [5.41, 5.74) is -0.377. The molecule has 0 fully saturated rings. The highest BCUT2D eigenvalue weighted by atomic mass is 79.9. The fourth-order valence-electron chi connectivity index (χ4n) is 1.52. The molecule has 1 aromatic rings. The number of hydrogen-bond donors (Lipinski definition) is 2. The summed E-state index contributed by atoms with van der Waals surface area (Å²) in [6, 6.07) is 2.12. The Morgan fingerprint density at radius 3 is 2.65 bits per heavy atom. The molecule has 0 aromatic carbocycles. The van der Waals surface area contributed by atoms with Gasteiger partial charge in [-0.15, -0.1) is 11.3 Å². The van der Waals surface area contributed by atoms with Crippen LogP contribution in [0.25, 0.3) is 0 Å². The van der Waals surface area contributed by atoms with E-state index in [1.165, 1.54) is 9.75 Å². The quantitative estimate of drug-likeness (QED) is 0.876. The molecule has 1 amide bonds. The molecule has 17 heavy (non-hydrogen) atoms. The Balaban J connectivity index is 2.45. The third kappa shape index (κ3) is 4.08. The van der Waals surface area contributed by atoms with Crippen molar-refractivity contribution in [3.63, 3.8) is 0 Å². The van der Waals surface area contributed by atoms with Crippen LogP contribution in [0.4, 0.5) is 0 Å². The van der Waals surface area contributed by atoms with Gasteiger partial charge in [0.25, 0.3) is 0 Å². The maximum Gasteiger partial charge on any atom is 0.226 e. The lowest BCUT2D eigenvalue weighted by Crippen LogP contribution is -2.41. The molecule has 0 bridgehead atoms. The number of rotatable bonds is 5. The third-order valence-corrected chi connectivity index (χ3v) is 4.75. The van der Waals surface area contributed by atoms with E-state index in [-0.39, 0.29) is 11.3 Å². The minimum absolute atomic E-state index is 0.0635. The summed E-state index contributed by atoms with van der Waals surface area (Å²) in [7, 11) is 1.67. The second-order valence-corrected chi connectivity index (χ2v) is 6.88. The summed E-state index contributed by atoms with van der Waals surface area (Å²) in [6.45, 7) is 7.44. The fraction of sp³-hybridized carbons (Fsp3) is 0.583. The van der Waals surface area contributed by atoms with Crippen LogP contribution in [0.2, 0.25) is 0 Å². The van der Waals surface area contributed by atoms with Crippen LogP contribution in [0.15, 0.2) is 10.5 Å². The first-order valence-corrected chi connectivity index (χ1v) is 7.15. The van der Waals surface area contributed by atoms with E-state index < -0.39 is 0 Å². The summed E-state index contributed by atoms with van der Waals surface area (Å²) < 4.78 is 1.16. The number of carbonyl (C=O) groups is 1. The Hall–Kier alpha value is -0.390. The molecule has 0 aliphatic heterocycles. The van der Waals surface area contributed by atoms with E-state index in [9.17, 15) is 4.79 Å². The standard InChI is InChI=1S/C12H19BrN2OS/c1-8-10(13)5-9(17-8)6-15-7-12(2,3)11(16)14-4/h5,15H,6-7H2,1-4H3,(H,14,16). The summed E-state index contributed by atoms with van der Waals surface area (Å²) in [5, 5.41) is 6.01. The summed E-state index contributed by atoms with van der Waals surface area (Å²) in [4.78, 5) is 14.1. The van der Waals surface area contributed by atoms with Crippen molar-refractivity contribution >= 4 is 33.2 Å². The van der Waals surface area contributed by atoms with E-state index >= 15 is 0 Å². The molecule has 0 unspecified atom stereocenters. The predicted molar refractivity (Wildman–Crippen MR) is 76.3 cm³/mol.